The number of carbonyl (C=O) groups excluding carboxylic acids is 1. The summed E-state index contributed by atoms with van der Waals surface area (Å²) in [5.74, 6) is -0.470. The van der Waals surface area contributed by atoms with Gasteiger partial charge in [-0.15, -0.1) is 0 Å². The molecule has 0 aliphatic rings. The van der Waals surface area contributed by atoms with Gasteiger partial charge in [0, 0.05) is 12.7 Å². The van der Waals surface area contributed by atoms with E-state index in [2.05, 4.69) is 0 Å². The van der Waals surface area contributed by atoms with Crippen molar-refractivity contribution in [2.45, 2.75) is 19.4 Å². The normalized spacial score (nSPS) is 10.2. The first-order valence-electron chi connectivity index (χ1n) is 5.45. The second-order valence-electron chi connectivity index (χ2n) is 3.62. The number of carbonyl (C=O) groups is 1. The van der Waals surface area contributed by atoms with Crippen LogP contribution in [0.3, 0.4) is 0 Å². The van der Waals surface area contributed by atoms with E-state index in [-0.39, 0.29) is 17.9 Å². The highest BCUT2D eigenvalue weighted by molar-refractivity contribution is 5.75. The van der Waals surface area contributed by atoms with Crippen LogP contribution in [0.1, 0.15) is 12.8 Å². The molecule has 0 aliphatic carbocycles. The van der Waals surface area contributed by atoms with E-state index in [1.807, 2.05) is 0 Å². The molecular formula is C11H17N3O3. The summed E-state index contributed by atoms with van der Waals surface area (Å²) in [7, 11) is 0. The van der Waals surface area contributed by atoms with Crippen LogP contribution in [0.15, 0.2) is 23.1 Å². The molecule has 1 aromatic rings. The number of ether oxygens (including phenoxy) is 1. The quantitative estimate of drug-likeness (QED) is 0.623. The molecule has 0 saturated heterocycles. The van der Waals surface area contributed by atoms with Crippen LogP contribution in [0.4, 0.5) is 0 Å². The molecule has 0 aliphatic heterocycles. The maximum atomic E-state index is 11.8. The highest BCUT2D eigenvalue weighted by Crippen LogP contribution is 2.02. The number of rotatable bonds is 7. The van der Waals surface area contributed by atoms with Gasteiger partial charge >= 0.3 is 0 Å². The maximum absolute atomic E-state index is 11.8. The zero-order valence-electron chi connectivity index (χ0n) is 9.59. The van der Waals surface area contributed by atoms with Gasteiger partial charge in [0.05, 0.1) is 0 Å². The lowest BCUT2D eigenvalue weighted by Gasteiger charge is -2.08. The van der Waals surface area contributed by atoms with Gasteiger partial charge in [0.2, 0.25) is 0 Å². The molecule has 17 heavy (non-hydrogen) atoms. The maximum Gasteiger partial charge on any atom is 0.292 e. The molecule has 0 aromatic carbocycles. The van der Waals surface area contributed by atoms with Gasteiger partial charge in [-0.2, -0.15) is 0 Å². The van der Waals surface area contributed by atoms with E-state index in [0.29, 0.717) is 13.1 Å². The molecule has 1 rings (SSSR count). The van der Waals surface area contributed by atoms with Crippen molar-refractivity contribution in [3.05, 3.63) is 28.7 Å². The minimum Gasteiger partial charge on any atom is -0.478 e. The summed E-state index contributed by atoms with van der Waals surface area (Å²) >= 11 is 0. The number of unbranched alkanes of at least 4 members (excludes halogenated alkanes) is 1. The number of hydrogen-bond donors (Lipinski definition) is 2. The van der Waals surface area contributed by atoms with Crippen molar-refractivity contribution in [3.8, 4) is 5.75 Å². The SMILES string of the molecule is NCCCCn1cccc(OCC(N)=O)c1=O. The number of hydrogen-bond acceptors (Lipinski definition) is 4. The Morgan fingerprint density at radius 2 is 2.18 bits per heavy atom. The Bertz CT molecular complexity index is 428. The van der Waals surface area contributed by atoms with Crippen molar-refractivity contribution in [2.75, 3.05) is 13.2 Å². The van der Waals surface area contributed by atoms with Crippen molar-refractivity contribution in [1.29, 1.82) is 0 Å². The second kappa shape index (κ2) is 6.70. The third kappa shape index (κ3) is 4.28. The predicted molar refractivity (Wildman–Crippen MR) is 63.7 cm³/mol. The van der Waals surface area contributed by atoms with Crippen LogP contribution in [-0.4, -0.2) is 23.6 Å². The van der Waals surface area contributed by atoms with Crippen LogP contribution in [0, 0.1) is 0 Å². The van der Waals surface area contributed by atoms with Gasteiger partial charge in [-0.25, -0.2) is 0 Å². The fourth-order valence-electron chi connectivity index (χ4n) is 1.38. The molecule has 0 spiro atoms. The molecule has 4 N–H and O–H groups in total. The van der Waals surface area contributed by atoms with Crippen molar-refractivity contribution >= 4 is 5.91 Å². The summed E-state index contributed by atoms with van der Waals surface area (Å²) in [4.78, 5) is 22.4. The molecule has 0 saturated carbocycles. The Morgan fingerprint density at radius 3 is 2.82 bits per heavy atom. The van der Waals surface area contributed by atoms with Gasteiger partial charge in [0.15, 0.2) is 12.4 Å². The minimum atomic E-state index is -0.608. The number of primary amides is 1. The standard InChI is InChI=1S/C11H17N3O3/c12-5-1-2-6-14-7-3-4-9(11(14)16)17-8-10(13)15/h3-4,7H,1-2,5-6,8,12H2,(H2,13,15). The molecule has 0 unspecified atom stereocenters. The summed E-state index contributed by atoms with van der Waals surface area (Å²) < 4.78 is 6.55. The molecule has 0 bridgehead atoms. The Kier molecular flexibility index (Phi) is 5.22. The van der Waals surface area contributed by atoms with Gasteiger partial charge in [-0.05, 0) is 31.5 Å². The van der Waals surface area contributed by atoms with Gasteiger partial charge in [0.25, 0.3) is 11.5 Å². The first-order valence-corrected chi connectivity index (χ1v) is 5.45. The number of nitrogens with zero attached hydrogens (tertiary/aromatic N) is 1. The molecule has 0 fully saturated rings. The van der Waals surface area contributed by atoms with Crippen LogP contribution in [0.25, 0.3) is 0 Å². The first-order chi connectivity index (χ1) is 8.15. The highest BCUT2D eigenvalue weighted by Gasteiger charge is 2.05. The minimum absolute atomic E-state index is 0.138. The molecule has 1 aromatic heterocycles. The van der Waals surface area contributed by atoms with E-state index < -0.39 is 5.91 Å². The van der Waals surface area contributed by atoms with E-state index in [4.69, 9.17) is 16.2 Å². The molecule has 6 heteroatoms. The fourth-order valence-corrected chi connectivity index (χ4v) is 1.38. The lowest BCUT2D eigenvalue weighted by Crippen LogP contribution is -2.26. The van der Waals surface area contributed by atoms with Crippen LogP contribution >= 0.6 is 0 Å². The number of nitrogens with two attached hydrogens (primary N) is 2. The Hall–Kier alpha value is -1.82. The van der Waals surface area contributed by atoms with E-state index in [9.17, 15) is 9.59 Å². The topological polar surface area (TPSA) is 100 Å². The van der Waals surface area contributed by atoms with E-state index in [1.165, 1.54) is 10.6 Å². The number of aromatic nitrogens is 1. The Morgan fingerprint density at radius 1 is 1.41 bits per heavy atom. The molecule has 6 nitrogen and oxygen atoms in total. The van der Waals surface area contributed by atoms with Crippen LogP contribution in [-0.2, 0) is 11.3 Å². The summed E-state index contributed by atoms with van der Waals surface area (Å²) in [6, 6.07) is 3.21. The summed E-state index contributed by atoms with van der Waals surface area (Å²) in [6.45, 7) is 0.901. The lowest BCUT2D eigenvalue weighted by molar-refractivity contribution is -0.119. The third-order valence-corrected chi connectivity index (χ3v) is 2.21. The third-order valence-electron chi connectivity index (χ3n) is 2.21. The van der Waals surface area contributed by atoms with Crippen molar-refractivity contribution in [2.24, 2.45) is 11.5 Å². The number of pyridine rings is 1. The van der Waals surface area contributed by atoms with Crippen LogP contribution < -0.4 is 21.8 Å². The summed E-state index contributed by atoms with van der Waals surface area (Å²) in [5.41, 5.74) is 10.1. The van der Waals surface area contributed by atoms with E-state index in [0.717, 1.165) is 12.8 Å². The van der Waals surface area contributed by atoms with Gasteiger partial charge < -0.3 is 20.8 Å². The van der Waals surface area contributed by atoms with Gasteiger partial charge in [0.1, 0.15) is 0 Å². The van der Waals surface area contributed by atoms with E-state index >= 15 is 0 Å². The zero-order chi connectivity index (χ0) is 12.7. The molecule has 0 atom stereocenters. The molecular weight excluding hydrogens is 222 g/mol. The monoisotopic (exact) mass is 239 g/mol. The molecule has 1 amide bonds. The molecule has 1 heterocycles. The molecule has 0 radical (unpaired) electrons. The predicted octanol–water partition coefficient (Wildman–Crippen LogP) is -0.549. The summed E-state index contributed by atoms with van der Waals surface area (Å²) in [5, 5.41) is 0. The average molecular weight is 239 g/mol. The Labute approximate surface area is 99.2 Å². The number of amides is 1. The van der Waals surface area contributed by atoms with Gasteiger partial charge in [-0.3, -0.25) is 9.59 Å². The van der Waals surface area contributed by atoms with Crippen LogP contribution in [0.5, 0.6) is 5.75 Å². The zero-order valence-corrected chi connectivity index (χ0v) is 9.59. The Balaban J connectivity index is 2.69. The lowest BCUT2D eigenvalue weighted by atomic mass is 10.3. The van der Waals surface area contributed by atoms with E-state index in [1.54, 1.807) is 12.3 Å². The van der Waals surface area contributed by atoms with Crippen molar-refractivity contribution < 1.29 is 9.53 Å². The highest BCUT2D eigenvalue weighted by atomic mass is 16.5. The molecule has 94 valence electrons. The van der Waals surface area contributed by atoms with Gasteiger partial charge in [-0.1, -0.05) is 0 Å². The first kappa shape index (κ1) is 13.2. The van der Waals surface area contributed by atoms with Crippen LogP contribution in [0.2, 0.25) is 0 Å². The average Bonchev–Trinajstić information content (AvgIpc) is 2.30. The van der Waals surface area contributed by atoms with Crippen molar-refractivity contribution in [3.63, 3.8) is 0 Å². The van der Waals surface area contributed by atoms with Crippen molar-refractivity contribution in [1.82, 2.24) is 4.57 Å². The largest absolute Gasteiger partial charge is 0.478 e. The summed E-state index contributed by atoms with van der Waals surface area (Å²) in [6.07, 6.45) is 3.37. The number of aryl methyl sites for hydroxylation is 1. The second-order valence-corrected chi connectivity index (χ2v) is 3.62. The fraction of sp³-hybridized carbons (Fsp3) is 0.455. The smallest absolute Gasteiger partial charge is 0.292 e.